The molecule has 0 fully saturated rings. The van der Waals surface area contributed by atoms with Gasteiger partial charge in [-0.3, -0.25) is 4.79 Å². The minimum absolute atomic E-state index is 0.0696. The van der Waals surface area contributed by atoms with E-state index in [4.69, 9.17) is 9.47 Å². The molecule has 0 unspecified atom stereocenters. The minimum atomic E-state index is -0.770. The fraction of sp³-hybridized carbons (Fsp3) is 0.316. The average molecular weight is 331 g/mol. The number of halogens is 1. The Morgan fingerprint density at radius 2 is 1.75 bits per heavy atom. The summed E-state index contributed by atoms with van der Waals surface area (Å²) >= 11 is 0. The first-order valence-corrected chi connectivity index (χ1v) is 7.98. The van der Waals surface area contributed by atoms with Gasteiger partial charge < -0.3 is 14.8 Å². The van der Waals surface area contributed by atoms with Crippen LogP contribution in [0, 0.1) is 5.82 Å². The maximum Gasteiger partial charge on any atom is 0.265 e. The monoisotopic (exact) mass is 331 g/mol. The molecular weight excluding hydrogens is 309 g/mol. The smallest absolute Gasteiger partial charge is 0.265 e. The van der Waals surface area contributed by atoms with Crippen molar-refractivity contribution < 1.29 is 18.7 Å². The second kappa shape index (κ2) is 8.34. The van der Waals surface area contributed by atoms with Crippen molar-refractivity contribution in [1.82, 2.24) is 0 Å². The lowest BCUT2D eigenvalue weighted by atomic mass is 10.2. The molecule has 0 heterocycles. The average Bonchev–Trinajstić information content (AvgIpc) is 2.55. The molecule has 0 aromatic heterocycles. The number of para-hydroxylation sites is 1. The van der Waals surface area contributed by atoms with E-state index in [1.165, 1.54) is 12.1 Å². The third-order valence-corrected chi connectivity index (χ3v) is 3.26. The first kappa shape index (κ1) is 17.8. The van der Waals surface area contributed by atoms with Gasteiger partial charge in [0, 0.05) is 5.69 Å². The normalized spacial score (nSPS) is 11.9. The quantitative estimate of drug-likeness (QED) is 0.817. The first-order chi connectivity index (χ1) is 11.5. The maximum atomic E-state index is 13.7. The molecule has 4 nitrogen and oxygen atoms in total. The molecule has 0 saturated carbocycles. The number of ether oxygens (including phenoxy) is 2. The number of amides is 1. The molecule has 2 aromatic carbocycles. The van der Waals surface area contributed by atoms with E-state index in [1.54, 1.807) is 36.4 Å². The van der Waals surface area contributed by atoms with Crippen molar-refractivity contribution in [2.24, 2.45) is 0 Å². The van der Waals surface area contributed by atoms with E-state index in [1.807, 2.05) is 20.8 Å². The second-order valence-corrected chi connectivity index (χ2v) is 5.63. The van der Waals surface area contributed by atoms with Gasteiger partial charge in [-0.1, -0.05) is 19.1 Å². The number of carbonyl (C=O) groups is 1. The Kier molecular flexibility index (Phi) is 6.18. The Bertz CT molecular complexity index is 671. The number of carbonyl (C=O) groups excluding carboxylic acids is 1. The van der Waals surface area contributed by atoms with Gasteiger partial charge in [-0.05, 0) is 56.7 Å². The van der Waals surface area contributed by atoms with Crippen molar-refractivity contribution >= 4 is 11.6 Å². The topological polar surface area (TPSA) is 47.6 Å². The van der Waals surface area contributed by atoms with Gasteiger partial charge in [0.05, 0.1) is 6.10 Å². The van der Waals surface area contributed by atoms with Crippen LogP contribution in [-0.2, 0) is 4.79 Å². The lowest BCUT2D eigenvalue weighted by molar-refractivity contribution is -0.122. The number of hydrogen-bond donors (Lipinski definition) is 1. The van der Waals surface area contributed by atoms with Crippen molar-refractivity contribution in [2.75, 3.05) is 5.32 Å². The molecule has 0 aliphatic heterocycles. The van der Waals surface area contributed by atoms with Gasteiger partial charge in [-0.25, -0.2) is 4.39 Å². The van der Waals surface area contributed by atoms with Crippen molar-refractivity contribution in [2.45, 2.75) is 39.4 Å². The highest BCUT2D eigenvalue weighted by Crippen LogP contribution is 2.20. The summed E-state index contributed by atoms with van der Waals surface area (Å²) in [6.07, 6.45) is -0.257. The van der Waals surface area contributed by atoms with Gasteiger partial charge in [-0.15, -0.1) is 0 Å². The zero-order valence-corrected chi connectivity index (χ0v) is 14.1. The molecule has 0 spiro atoms. The molecule has 0 bridgehead atoms. The summed E-state index contributed by atoms with van der Waals surface area (Å²) < 4.78 is 24.7. The van der Waals surface area contributed by atoms with Crippen LogP contribution in [0.1, 0.15) is 27.2 Å². The SMILES string of the molecule is CC[C@@H](Oc1ccccc1F)C(=O)Nc1ccc(OC(C)C)cc1. The van der Waals surface area contributed by atoms with Gasteiger partial charge in [0.15, 0.2) is 17.7 Å². The number of anilines is 1. The molecule has 1 atom stereocenters. The van der Waals surface area contributed by atoms with Crippen molar-refractivity contribution in [3.63, 3.8) is 0 Å². The summed E-state index contributed by atoms with van der Waals surface area (Å²) in [4.78, 5) is 12.3. The zero-order chi connectivity index (χ0) is 17.5. The van der Waals surface area contributed by atoms with E-state index in [2.05, 4.69) is 5.32 Å². The fourth-order valence-electron chi connectivity index (χ4n) is 2.13. The standard InChI is InChI=1S/C19H22FNO3/c1-4-17(24-18-8-6-5-7-16(18)20)19(22)21-14-9-11-15(12-10-14)23-13(2)3/h5-13,17H,4H2,1-3H3,(H,21,22)/t17-/m1/s1. The third kappa shape index (κ3) is 4.98. The fourth-order valence-corrected chi connectivity index (χ4v) is 2.13. The highest BCUT2D eigenvalue weighted by molar-refractivity contribution is 5.94. The van der Waals surface area contributed by atoms with Gasteiger partial charge in [-0.2, -0.15) is 0 Å². The Hall–Kier alpha value is -2.56. The largest absolute Gasteiger partial charge is 0.491 e. The van der Waals surface area contributed by atoms with Crippen LogP contribution in [0.3, 0.4) is 0 Å². The molecule has 0 aliphatic carbocycles. The first-order valence-electron chi connectivity index (χ1n) is 7.98. The highest BCUT2D eigenvalue weighted by atomic mass is 19.1. The van der Waals surface area contributed by atoms with Gasteiger partial charge in [0.1, 0.15) is 5.75 Å². The van der Waals surface area contributed by atoms with Crippen LogP contribution in [0.4, 0.5) is 10.1 Å². The molecular formula is C19H22FNO3. The molecule has 24 heavy (non-hydrogen) atoms. The van der Waals surface area contributed by atoms with Crippen molar-refractivity contribution in [3.8, 4) is 11.5 Å². The van der Waals surface area contributed by atoms with E-state index < -0.39 is 11.9 Å². The summed E-state index contributed by atoms with van der Waals surface area (Å²) in [5.74, 6) is -0.00459. The molecule has 5 heteroatoms. The molecule has 1 amide bonds. The Balaban J connectivity index is 2.00. The lowest BCUT2D eigenvalue weighted by Crippen LogP contribution is -2.32. The summed E-state index contributed by atoms with van der Waals surface area (Å²) in [6.45, 7) is 5.70. The predicted molar refractivity (Wildman–Crippen MR) is 91.9 cm³/mol. The minimum Gasteiger partial charge on any atom is -0.491 e. The van der Waals surface area contributed by atoms with Crippen LogP contribution in [0.15, 0.2) is 48.5 Å². The predicted octanol–water partition coefficient (Wildman–Crippen LogP) is 4.41. The van der Waals surface area contributed by atoms with E-state index in [9.17, 15) is 9.18 Å². The molecule has 0 aliphatic rings. The summed E-state index contributed by atoms with van der Waals surface area (Å²) in [5.41, 5.74) is 0.631. The van der Waals surface area contributed by atoms with Crippen LogP contribution in [-0.4, -0.2) is 18.1 Å². The Labute approximate surface area is 141 Å². The van der Waals surface area contributed by atoms with E-state index in [0.717, 1.165) is 5.75 Å². The number of rotatable bonds is 7. The van der Waals surface area contributed by atoms with Crippen LogP contribution in [0.25, 0.3) is 0 Å². The van der Waals surface area contributed by atoms with E-state index in [0.29, 0.717) is 12.1 Å². The van der Waals surface area contributed by atoms with Crippen molar-refractivity contribution in [1.29, 1.82) is 0 Å². The molecule has 2 aromatic rings. The van der Waals surface area contributed by atoms with Crippen LogP contribution < -0.4 is 14.8 Å². The number of nitrogens with one attached hydrogen (secondary N) is 1. The lowest BCUT2D eigenvalue weighted by Gasteiger charge is -2.18. The van der Waals surface area contributed by atoms with Gasteiger partial charge in [0.2, 0.25) is 0 Å². The molecule has 1 N–H and O–H groups in total. The van der Waals surface area contributed by atoms with Crippen LogP contribution >= 0.6 is 0 Å². The van der Waals surface area contributed by atoms with Gasteiger partial charge >= 0.3 is 0 Å². The highest BCUT2D eigenvalue weighted by Gasteiger charge is 2.20. The summed E-state index contributed by atoms with van der Waals surface area (Å²) in [6, 6.07) is 13.1. The molecule has 0 radical (unpaired) electrons. The Morgan fingerprint density at radius 3 is 2.33 bits per heavy atom. The summed E-state index contributed by atoms with van der Waals surface area (Å²) in [5, 5.41) is 2.77. The zero-order valence-electron chi connectivity index (χ0n) is 14.1. The molecule has 2 rings (SSSR count). The van der Waals surface area contributed by atoms with E-state index >= 15 is 0 Å². The van der Waals surface area contributed by atoms with Gasteiger partial charge in [0.25, 0.3) is 5.91 Å². The molecule has 128 valence electrons. The second-order valence-electron chi connectivity index (χ2n) is 5.63. The number of hydrogen-bond acceptors (Lipinski definition) is 3. The van der Waals surface area contributed by atoms with E-state index in [-0.39, 0.29) is 17.8 Å². The maximum absolute atomic E-state index is 13.7. The van der Waals surface area contributed by atoms with Crippen molar-refractivity contribution in [3.05, 3.63) is 54.3 Å². The van der Waals surface area contributed by atoms with Crippen LogP contribution in [0.2, 0.25) is 0 Å². The number of benzene rings is 2. The summed E-state index contributed by atoms with van der Waals surface area (Å²) in [7, 11) is 0. The third-order valence-electron chi connectivity index (χ3n) is 3.26. The molecule has 0 saturated heterocycles. The van der Waals surface area contributed by atoms with Crippen LogP contribution in [0.5, 0.6) is 11.5 Å². The Morgan fingerprint density at radius 1 is 1.08 bits per heavy atom.